The van der Waals surface area contributed by atoms with E-state index in [9.17, 15) is 0 Å². The smallest absolute Gasteiger partial charge is 0.242 e. The zero-order chi connectivity index (χ0) is 93.8. The van der Waals surface area contributed by atoms with Gasteiger partial charge in [-0.15, -0.1) is 0 Å². The van der Waals surface area contributed by atoms with Crippen LogP contribution < -0.4 is 0 Å². The molecule has 15 heterocycles. The first-order valence-electron chi connectivity index (χ1n) is 47.3. The number of aromatic nitrogens is 21. The molecule has 0 fully saturated rings. The van der Waals surface area contributed by atoms with Gasteiger partial charge < -0.3 is 0 Å². The van der Waals surface area contributed by atoms with Crippen LogP contribution in [0.4, 0.5) is 0 Å². The molecule has 3 aliphatic carbocycles. The van der Waals surface area contributed by atoms with E-state index >= 15 is 0 Å². The van der Waals surface area contributed by atoms with Gasteiger partial charge in [0.05, 0.1) is 33.1 Å². The standard InChI is InChI=1S/3C40H27N7/c1-40(2)30-18-6-3-14-28(30)34-29(15-9-19-31(34)40)35-43-38(46-32-20-7-4-12-24(32)25-13-5-8-21-33(25)46)45-39(44-35)47-36-26(16-10-22-41-36)27-17-11-23-42-37(27)47;1-40(2)31-19-6-3-12-24(31)27-15-9-16-30(34(27)40)35-43-38(46-32-20-7-4-13-25(32)26-14-5-8-21-33(26)46)45-39(44-35)47-36-28(17-10-22-41-36)29-18-11-23-42-37(29)47;1-40(2)31-16-6-3-11-25(31)30-23-24(19-20-32(30)40)35-43-38(46-33-17-7-4-12-26(33)27-13-5-8-18-34(27)46)45-39(44-35)47-36-28(14-9-21-41-36)29-15-10-22-42-37(29)47/h3*3-23H,1-2H3. The van der Waals surface area contributed by atoms with E-state index in [-0.39, 0.29) is 16.2 Å². The summed E-state index contributed by atoms with van der Waals surface area (Å²) in [6.45, 7) is 13.7. The third kappa shape index (κ3) is 12.0. The zero-order valence-corrected chi connectivity index (χ0v) is 77.3. The highest BCUT2D eigenvalue weighted by Crippen LogP contribution is 2.55. The summed E-state index contributed by atoms with van der Waals surface area (Å²) in [6, 6.07) is 120. The van der Waals surface area contributed by atoms with Gasteiger partial charge in [-0.25, -0.2) is 43.6 Å². The van der Waals surface area contributed by atoms with Gasteiger partial charge in [-0.3, -0.25) is 13.7 Å². The second-order valence-corrected chi connectivity index (χ2v) is 37.9. The maximum Gasteiger partial charge on any atom is 0.242 e. The summed E-state index contributed by atoms with van der Waals surface area (Å²) in [7, 11) is 0. The molecule has 0 atom stereocenters. The Hall–Kier alpha value is -18.6. The van der Waals surface area contributed by atoms with Crippen LogP contribution in [0.2, 0.25) is 0 Å². The van der Waals surface area contributed by atoms with Crippen molar-refractivity contribution in [3.05, 3.63) is 416 Å². The quantitative estimate of drug-likeness (QED) is 0.131. The molecule has 27 aromatic rings. The van der Waals surface area contributed by atoms with Gasteiger partial charge >= 0.3 is 0 Å². The summed E-state index contributed by atoms with van der Waals surface area (Å²) in [5.74, 6) is 4.78. The fraction of sp³-hybridized carbons (Fsp3) is 0.0750. The number of nitrogens with zero attached hydrogens (tertiary/aromatic N) is 21. The Kier molecular flexibility index (Phi) is 17.6. The van der Waals surface area contributed by atoms with Gasteiger partial charge in [0.25, 0.3) is 0 Å². The molecule has 30 rings (SSSR count). The third-order valence-corrected chi connectivity index (χ3v) is 29.1. The molecule has 21 nitrogen and oxygen atoms in total. The molecule has 0 aliphatic heterocycles. The van der Waals surface area contributed by atoms with Crippen LogP contribution in [0.15, 0.2) is 383 Å². The topological polar surface area (TPSA) is 223 Å². The first-order chi connectivity index (χ1) is 69.3. The van der Waals surface area contributed by atoms with E-state index in [1.807, 2.05) is 50.1 Å². The summed E-state index contributed by atoms with van der Waals surface area (Å²) in [4.78, 5) is 76.1. The summed E-state index contributed by atoms with van der Waals surface area (Å²) in [5, 5.41) is 12.8. The number of rotatable bonds is 9. The van der Waals surface area contributed by atoms with E-state index in [1.54, 1.807) is 37.2 Å². The molecule has 15 aromatic heterocycles. The van der Waals surface area contributed by atoms with Crippen LogP contribution in [0.5, 0.6) is 0 Å². The molecule has 141 heavy (non-hydrogen) atoms. The molecule has 0 N–H and O–H groups in total. The van der Waals surface area contributed by atoms with Gasteiger partial charge in [-0.1, -0.05) is 272 Å². The van der Waals surface area contributed by atoms with Crippen molar-refractivity contribution < 1.29 is 0 Å². The molecule has 0 radical (unpaired) electrons. The minimum Gasteiger partial charge on any atom is -0.278 e. The van der Waals surface area contributed by atoms with Crippen molar-refractivity contribution in [1.82, 2.24) is 102 Å². The van der Waals surface area contributed by atoms with E-state index < -0.39 is 0 Å². The zero-order valence-electron chi connectivity index (χ0n) is 77.3. The fourth-order valence-electron chi connectivity index (χ4n) is 22.9. The first kappa shape index (κ1) is 80.8. The molecule has 12 aromatic carbocycles. The van der Waals surface area contributed by atoms with Gasteiger partial charge in [-0.2, -0.15) is 44.9 Å². The number of hydrogen-bond donors (Lipinski definition) is 0. The first-order valence-corrected chi connectivity index (χ1v) is 47.3. The molecule has 21 heteroatoms. The van der Waals surface area contributed by atoms with Crippen LogP contribution in [0.3, 0.4) is 0 Å². The lowest BCUT2D eigenvalue weighted by Gasteiger charge is -2.24. The van der Waals surface area contributed by atoms with Crippen molar-refractivity contribution >= 4 is 132 Å². The van der Waals surface area contributed by atoms with E-state index in [4.69, 9.17) is 74.8 Å². The molecule has 0 saturated heterocycles. The van der Waals surface area contributed by atoms with Gasteiger partial charge in [0.2, 0.25) is 35.7 Å². The molecular formula is C120H81N21. The summed E-state index contributed by atoms with van der Waals surface area (Å²) in [5.41, 5.74) is 28.0. The highest BCUT2D eigenvalue weighted by atomic mass is 15.3. The Morgan fingerprint density at radius 1 is 0.177 bits per heavy atom. The Bertz CT molecular complexity index is 9270. The van der Waals surface area contributed by atoms with Crippen molar-refractivity contribution in [1.29, 1.82) is 0 Å². The summed E-state index contributed by atoms with van der Waals surface area (Å²) in [6.07, 6.45) is 10.8. The predicted octanol–water partition coefficient (Wildman–Crippen LogP) is 26.5. The largest absolute Gasteiger partial charge is 0.278 e. The van der Waals surface area contributed by atoms with E-state index in [0.717, 1.165) is 154 Å². The molecule has 0 saturated carbocycles. The van der Waals surface area contributed by atoms with E-state index in [1.165, 1.54) is 61.2 Å². The van der Waals surface area contributed by atoms with Crippen LogP contribution in [0, 0.1) is 0 Å². The number of para-hydroxylation sites is 6. The predicted molar refractivity (Wildman–Crippen MR) is 561 cm³/mol. The van der Waals surface area contributed by atoms with Crippen LogP contribution in [0.1, 0.15) is 74.9 Å². The Morgan fingerprint density at radius 2 is 0.433 bits per heavy atom. The van der Waals surface area contributed by atoms with Gasteiger partial charge in [0, 0.05) is 135 Å². The van der Waals surface area contributed by atoms with Crippen molar-refractivity contribution in [3.63, 3.8) is 0 Å². The number of hydrogen-bond acceptors (Lipinski definition) is 15. The lowest BCUT2D eigenvalue weighted by molar-refractivity contribution is 0.660. The molecule has 0 unspecified atom stereocenters. The molecule has 0 bridgehead atoms. The Balaban J connectivity index is 0.000000104. The molecule has 666 valence electrons. The minimum atomic E-state index is -0.252. The molecule has 0 spiro atoms. The lowest BCUT2D eigenvalue weighted by Crippen LogP contribution is -2.17. The van der Waals surface area contributed by atoms with Crippen LogP contribution in [0.25, 0.3) is 235 Å². The lowest BCUT2D eigenvalue weighted by atomic mass is 9.80. The number of benzene rings is 12. The summed E-state index contributed by atoms with van der Waals surface area (Å²) < 4.78 is 12.3. The molecule has 0 amide bonds. The van der Waals surface area contributed by atoms with Crippen LogP contribution in [-0.4, -0.2) is 102 Å². The maximum absolute atomic E-state index is 5.31. The van der Waals surface area contributed by atoms with Crippen molar-refractivity contribution in [2.24, 2.45) is 0 Å². The van der Waals surface area contributed by atoms with E-state index in [0.29, 0.717) is 53.2 Å². The fourth-order valence-corrected chi connectivity index (χ4v) is 22.9. The van der Waals surface area contributed by atoms with Gasteiger partial charge in [0.1, 0.15) is 33.9 Å². The normalized spacial score (nSPS) is 13.5. The average molecular weight is 1820 g/mol. The van der Waals surface area contributed by atoms with Crippen LogP contribution in [-0.2, 0) is 16.2 Å². The van der Waals surface area contributed by atoms with Crippen molar-refractivity contribution in [2.45, 2.75) is 57.8 Å². The van der Waals surface area contributed by atoms with Crippen molar-refractivity contribution in [2.75, 3.05) is 0 Å². The molecule has 3 aliphatic rings. The summed E-state index contributed by atoms with van der Waals surface area (Å²) >= 11 is 0. The SMILES string of the molecule is CC1(C)c2ccccc2-c2c(-c3nc(-n4c5ccccc5c5ccccc54)nc(-n4c5ncccc5c5cccnc54)n3)cccc21.CC1(C)c2ccccc2-c2cc(-c3nc(-n4c5ccccc5c5ccccc54)nc(-n4c5ncccc5c5cccnc54)n3)ccc21.CC1(C)c2ccccc2-c2cccc(-c3nc(-n4c5ccccc5c5ccccc54)nc(-n4c5ncccc5c5cccnc54)n3)c21. The monoisotopic (exact) mass is 1820 g/mol. The second kappa shape index (κ2) is 30.7. The average Bonchev–Trinajstić information content (AvgIpc) is 1.56. The van der Waals surface area contributed by atoms with Gasteiger partial charge in [0.15, 0.2) is 17.5 Å². The highest BCUT2D eigenvalue weighted by Gasteiger charge is 2.41. The van der Waals surface area contributed by atoms with Gasteiger partial charge in [-0.05, 0) is 182 Å². The highest BCUT2D eigenvalue weighted by molar-refractivity contribution is 6.13. The number of fused-ring (bicyclic) bond motifs is 27. The second-order valence-electron chi connectivity index (χ2n) is 37.9. The minimum absolute atomic E-state index is 0.0941. The van der Waals surface area contributed by atoms with E-state index in [2.05, 4.69) is 365 Å². The van der Waals surface area contributed by atoms with Crippen LogP contribution >= 0.6 is 0 Å². The third-order valence-electron chi connectivity index (χ3n) is 29.1. The van der Waals surface area contributed by atoms with Crippen molar-refractivity contribution in [3.8, 4) is 103 Å². The Labute approximate surface area is 805 Å². The maximum atomic E-state index is 5.31. The Morgan fingerprint density at radius 3 is 0.816 bits per heavy atom. The molecular weight excluding hydrogens is 1740 g/mol. The number of pyridine rings is 6.